The Kier molecular flexibility index (Phi) is 4.74. The van der Waals surface area contributed by atoms with Gasteiger partial charge in [-0.25, -0.2) is 0 Å². The Labute approximate surface area is 156 Å². The fourth-order valence-electron chi connectivity index (χ4n) is 2.70. The summed E-state index contributed by atoms with van der Waals surface area (Å²) in [5, 5.41) is 15.1. The number of aromatic nitrogens is 4. The van der Waals surface area contributed by atoms with E-state index in [9.17, 15) is 0 Å². The number of aryl methyl sites for hydroxylation is 1. The molecule has 134 valence electrons. The Hall–Kier alpha value is -3.74. The second kappa shape index (κ2) is 7.65. The lowest BCUT2D eigenvalue weighted by atomic mass is 10.2. The fourth-order valence-corrected chi connectivity index (χ4v) is 2.70. The van der Waals surface area contributed by atoms with Crippen molar-refractivity contribution in [2.45, 2.75) is 13.5 Å². The minimum Gasteiger partial charge on any atom is -0.360 e. The molecule has 0 aliphatic rings. The zero-order valence-electron chi connectivity index (χ0n) is 14.8. The molecule has 0 saturated carbocycles. The molecule has 0 spiro atoms. The lowest BCUT2D eigenvalue weighted by Gasteiger charge is -2.23. The molecule has 4 aromatic rings. The zero-order chi connectivity index (χ0) is 18.5. The van der Waals surface area contributed by atoms with E-state index < -0.39 is 0 Å². The topological polar surface area (TPSA) is 80.0 Å². The molecular formula is C20H18N6O. The highest BCUT2D eigenvalue weighted by molar-refractivity contribution is 5.61. The maximum absolute atomic E-state index is 5.06. The number of hydrogen-bond donors (Lipinski definition) is 1. The van der Waals surface area contributed by atoms with Crippen molar-refractivity contribution in [3.8, 4) is 0 Å². The van der Waals surface area contributed by atoms with Gasteiger partial charge < -0.3 is 14.7 Å². The lowest BCUT2D eigenvalue weighted by molar-refractivity contribution is 0.400. The zero-order valence-corrected chi connectivity index (χ0v) is 14.8. The molecule has 0 aliphatic carbocycles. The van der Waals surface area contributed by atoms with Gasteiger partial charge in [-0.15, -0.1) is 5.10 Å². The number of para-hydroxylation sites is 1. The molecule has 7 heteroatoms. The van der Waals surface area contributed by atoms with Crippen molar-refractivity contribution in [1.29, 1.82) is 0 Å². The van der Waals surface area contributed by atoms with Crippen molar-refractivity contribution in [3.63, 3.8) is 0 Å². The predicted octanol–water partition coefficient (Wildman–Crippen LogP) is 4.25. The first-order valence-electron chi connectivity index (χ1n) is 8.54. The van der Waals surface area contributed by atoms with Crippen molar-refractivity contribution in [2.24, 2.45) is 0 Å². The van der Waals surface area contributed by atoms with E-state index >= 15 is 0 Å². The summed E-state index contributed by atoms with van der Waals surface area (Å²) in [6.07, 6.45) is 1.65. The Morgan fingerprint density at radius 1 is 1.00 bits per heavy atom. The molecule has 0 atom stereocenters. The summed E-state index contributed by atoms with van der Waals surface area (Å²) in [6, 6.07) is 22.1. The van der Waals surface area contributed by atoms with Crippen molar-refractivity contribution in [2.75, 3.05) is 10.2 Å². The second-order valence-electron chi connectivity index (χ2n) is 5.99. The van der Waals surface area contributed by atoms with Crippen LogP contribution in [0.1, 0.15) is 11.3 Å². The average molecular weight is 358 g/mol. The molecule has 0 aliphatic heterocycles. The van der Waals surface area contributed by atoms with Crippen molar-refractivity contribution >= 4 is 23.3 Å². The molecule has 0 saturated heterocycles. The molecule has 0 unspecified atom stereocenters. The van der Waals surface area contributed by atoms with Crippen LogP contribution in [0.5, 0.6) is 0 Å². The smallest absolute Gasteiger partial charge is 0.250 e. The average Bonchev–Trinajstić information content (AvgIpc) is 3.12. The summed E-state index contributed by atoms with van der Waals surface area (Å²) in [4.78, 5) is 6.70. The number of anilines is 4. The van der Waals surface area contributed by atoms with E-state index in [-0.39, 0.29) is 0 Å². The van der Waals surface area contributed by atoms with Crippen LogP contribution in [0.4, 0.5) is 23.3 Å². The number of nitrogens with one attached hydrogen (secondary N) is 1. The van der Waals surface area contributed by atoms with Crippen LogP contribution >= 0.6 is 0 Å². The minimum atomic E-state index is 0.356. The maximum atomic E-state index is 5.06. The summed E-state index contributed by atoms with van der Waals surface area (Å²) in [6.45, 7) is 2.48. The minimum absolute atomic E-state index is 0.356. The van der Waals surface area contributed by atoms with Gasteiger partial charge in [-0.3, -0.25) is 0 Å². The van der Waals surface area contributed by atoms with Gasteiger partial charge in [0.15, 0.2) is 11.6 Å². The molecule has 1 N–H and O–H groups in total. The van der Waals surface area contributed by atoms with E-state index in [4.69, 9.17) is 4.52 Å². The molecule has 2 aromatic heterocycles. The number of rotatable bonds is 6. The van der Waals surface area contributed by atoms with E-state index in [1.807, 2.05) is 55.5 Å². The third-order valence-electron chi connectivity index (χ3n) is 3.94. The molecular weight excluding hydrogens is 340 g/mol. The summed E-state index contributed by atoms with van der Waals surface area (Å²) >= 11 is 0. The molecule has 0 bridgehead atoms. The van der Waals surface area contributed by atoms with Gasteiger partial charge >= 0.3 is 0 Å². The molecule has 0 fully saturated rings. The molecule has 27 heavy (non-hydrogen) atoms. The molecule has 0 amide bonds. The van der Waals surface area contributed by atoms with Crippen molar-refractivity contribution in [3.05, 3.63) is 84.3 Å². The van der Waals surface area contributed by atoms with Gasteiger partial charge in [0.1, 0.15) is 5.76 Å². The summed E-state index contributed by atoms with van der Waals surface area (Å²) in [5.41, 5.74) is 2.19. The fraction of sp³-hybridized carbons (Fsp3) is 0.100. The molecule has 4 rings (SSSR count). The van der Waals surface area contributed by atoms with Crippen molar-refractivity contribution < 1.29 is 4.52 Å². The standard InChI is InChI=1S/C20H18N6O/c1-15-12-18(25-27-15)22-20-23-19(13-21-24-20)26(17-10-6-3-7-11-17)14-16-8-4-2-5-9-16/h2-13H,14H2,1H3,(H,22,23,24,25). The number of benzene rings is 2. The van der Waals surface area contributed by atoms with Crippen LogP contribution in [0.2, 0.25) is 0 Å². The first kappa shape index (κ1) is 16.7. The highest BCUT2D eigenvalue weighted by atomic mass is 16.5. The monoisotopic (exact) mass is 358 g/mol. The predicted molar refractivity (Wildman–Crippen MR) is 103 cm³/mol. The Morgan fingerprint density at radius 3 is 2.44 bits per heavy atom. The third-order valence-corrected chi connectivity index (χ3v) is 3.94. The number of hydrogen-bond acceptors (Lipinski definition) is 7. The molecule has 7 nitrogen and oxygen atoms in total. The van der Waals surface area contributed by atoms with Crippen molar-refractivity contribution in [1.82, 2.24) is 20.3 Å². The van der Waals surface area contributed by atoms with E-state index in [0.717, 1.165) is 5.69 Å². The Morgan fingerprint density at radius 2 is 1.74 bits per heavy atom. The quantitative estimate of drug-likeness (QED) is 0.552. The van der Waals surface area contributed by atoms with Gasteiger partial charge in [0.25, 0.3) is 0 Å². The van der Waals surface area contributed by atoms with Crippen LogP contribution < -0.4 is 10.2 Å². The lowest BCUT2D eigenvalue weighted by Crippen LogP contribution is -2.18. The van der Waals surface area contributed by atoms with Crippen LogP contribution in [-0.4, -0.2) is 20.3 Å². The highest BCUT2D eigenvalue weighted by Crippen LogP contribution is 2.26. The van der Waals surface area contributed by atoms with Gasteiger partial charge in [-0.1, -0.05) is 53.7 Å². The van der Waals surface area contributed by atoms with Gasteiger partial charge in [-0.05, 0) is 24.6 Å². The van der Waals surface area contributed by atoms with Crippen LogP contribution in [0.3, 0.4) is 0 Å². The van der Waals surface area contributed by atoms with Crippen LogP contribution in [0.25, 0.3) is 0 Å². The van der Waals surface area contributed by atoms with E-state index in [2.05, 4.69) is 42.7 Å². The van der Waals surface area contributed by atoms with Crippen LogP contribution in [0.15, 0.2) is 77.4 Å². The van der Waals surface area contributed by atoms with E-state index in [1.54, 1.807) is 12.3 Å². The summed E-state index contributed by atoms with van der Waals surface area (Å²) in [7, 11) is 0. The van der Waals surface area contributed by atoms with Gasteiger partial charge in [0, 0.05) is 18.3 Å². The molecule has 0 radical (unpaired) electrons. The van der Waals surface area contributed by atoms with Crippen LogP contribution in [0, 0.1) is 6.92 Å². The van der Waals surface area contributed by atoms with Crippen LogP contribution in [-0.2, 0) is 6.54 Å². The molecule has 2 heterocycles. The highest BCUT2D eigenvalue weighted by Gasteiger charge is 2.14. The summed E-state index contributed by atoms with van der Waals surface area (Å²) in [5.74, 6) is 2.29. The van der Waals surface area contributed by atoms with Gasteiger partial charge in [-0.2, -0.15) is 10.1 Å². The second-order valence-corrected chi connectivity index (χ2v) is 5.99. The largest absolute Gasteiger partial charge is 0.360 e. The first-order chi connectivity index (χ1) is 13.3. The number of nitrogens with zero attached hydrogens (tertiary/aromatic N) is 5. The third kappa shape index (κ3) is 4.09. The van der Waals surface area contributed by atoms with Gasteiger partial charge in [0.05, 0.1) is 6.20 Å². The molecule has 2 aromatic carbocycles. The van der Waals surface area contributed by atoms with E-state index in [0.29, 0.717) is 29.9 Å². The SMILES string of the molecule is Cc1cc(Nc2nncc(N(Cc3ccccc3)c3ccccc3)n2)no1. The van der Waals surface area contributed by atoms with E-state index in [1.165, 1.54) is 5.56 Å². The Bertz CT molecular complexity index is 1000. The maximum Gasteiger partial charge on any atom is 0.250 e. The normalized spacial score (nSPS) is 10.6. The van der Waals surface area contributed by atoms with Gasteiger partial charge in [0.2, 0.25) is 5.95 Å². The summed E-state index contributed by atoms with van der Waals surface area (Å²) < 4.78 is 5.06. The Balaban J connectivity index is 1.66. The first-order valence-corrected chi connectivity index (χ1v) is 8.54.